The van der Waals surface area contributed by atoms with E-state index < -0.39 is 5.97 Å². The van der Waals surface area contributed by atoms with Crippen molar-refractivity contribution >= 4 is 17.3 Å². The summed E-state index contributed by atoms with van der Waals surface area (Å²) in [6.45, 7) is 1.98. The molecule has 0 aliphatic heterocycles. The molecule has 0 aromatic carbocycles. The van der Waals surface area contributed by atoms with Crippen molar-refractivity contribution in [3.8, 4) is 11.4 Å². The Kier molecular flexibility index (Phi) is 2.47. The summed E-state index contributed by atoms with van der Waals surface area (Å²) >= 11 is 1.59. The van der Waals surface area contributed by atoms with Crippen LogP contribution in [0.5, 0.6) is 0 Å². The number of aromatic nitrogens is 2. The molecule has 4 nitrogen and oxygen atoms in total. The van der Waals surface area contributed by atoms with E-state index in [1.54, 1.807) is 11.3 Å². The molecular formula is C10H8N2O2S. The molecule has 1 N–H and O–H groups in total. The zero-order valence-corrected chi connectivity index (χ0v) is 8.78. The number of nitrogens with zero attached hydrogens (tertiary/aromatic N) is 2. The highest BCUT2D eigenvalue weighted by atomic mass is 32.1. The fourth-order valence-electron chi connectivity index (χ4n) is 1.18. The molecule has 2 aromatic heterocycles. The van der Waals surface area contributed by atoms with Crippen LogP contribution in [0.2, 0.25) is 0 Å². The van der Waals surface area contributed by atoms with Crippen molar-refractivity contribution in [1.29, 1.82) is 0 Å². The molecule has 0 aliphatic carbocycles. The van der Waals surface area contributed by atoms with Gasteiger partial charge in [0.15, 0.2) is 11.5 Å². The molecule has 76 valence electrons. The molecule has 2 heterocycles. The van der Waals surface area contributed by atoms with E-state index in [4.69, 9.17) is 5.11 Å². The van der Waals surface area contributed by atoms with Gasteiger partial charge in [0.1, 0.15) is 0 Å². The highest BCUT2D eigenvalue weighted by Gasteiger charge is 2.08. The first-order valence-electron chi connectivity index (χ1n) is 4.28. The smallest absolute Gasteiger partial charge is 0.354 e. The fourth-order valence-corrected chi connectivity index (χ4v) is 1.86. The number of rotatable bonds is 2. The average molecular weight is 220 g/mol. The predicted octanol–water partition coefficient (Wildman–Crippen LogP) is 2.21. The summed E-state index contributed by atoms with van der Waals surface area (Å²) in [6, 6.07) is 3.32. The minimum absolute atomic E-state index is 0.0175. The summed E-state index contributed by atoms with van der Waals surface area (Å²) in [5, 5.41) is 10.7. The van der Waals surface area contributed by atoms with Gasteiger partial charge < -0.3 is 5.11 Å². The van der Waals surface area contributed by atoms with Crippen LogP contribution < -0.4 is 0 Å². The van der Waals surface area contributed by atoms with E-state index in [0.717, 1.165) is 10.4 Å². The van der Waals surface area contributed by atoms with Crippen LogP contribution >= 0.6 is 11.3 Å². The van der Waals surface area contributed by atoms with Gasteiger partial charge in [-0.3, -0.25) is 0 Å². The van der Waals surface area contributed by atoms with Crippen LogP contribution in [0.3, 0.4) is 0 Å². The van der Waals surface area contributed by atoms with Gasteiger partial charge in [-0.2, -0.15) is 0 Å². The monoisotopic (exact) mass is 220 g/mol. The Morgan fingerprint density at radius 3 is 2.93 bits per heavy atom. The Morgan fingerprint density at radius 2 is 2.33 bits per heavy atom. The van der Waals surface area contributed by atoms with Crippen molar-refractivity contribution in [2.75, 3.05) is 0 Å². The van der Waals surface area contributed by atoms with Gasteiger partial charge in [0.2, 0.25) is 0 Å². The third-order valence-corrected chi connectivity index (χ3v) is 2.72. The minimum Gasteiger partial charge on any atom is -0.477 e. The molecular weight excluding hydrogens is 212 g/mol. The normalized spacial score (nSPS) is 10.2. The molecule has 0 amide bonds. The van der Waals surface area contributed by atoms with Crippen molar-refractivity contribution in [3.63, 3.8) is 0 Å². The largest absolute Gasteiger partial charge is 0.477 e. The van der Waals surface area contributed by atoms with Crippen molar-refractivity contribution in [2.45, 2.75) is 6.92 Å². The molecule has 2 aromatic rings. The van der Waals surface area contributed by atoms with Crippen molar-refractivity contribution < 1.29 is 9.90 Å². The number of aryl methyl sites for hydroxylation is 1. The van der Waals surface area contributed by atoms with Crippen molar-refractivity contribution in [3.05, 3.63) is 34.3 Å². The Balaban J connectivity index is 2.45. The van der Waals surface area contributed by atoms with E-state index >= 15 is 0 Å². The van der Waals surface area contributed by atoms with E-state index in [1.165, 1.54) is 12.3 Å². The second-order valence-corrected chi connectivity index (χ2v) is 4.13. The van der Waals surface area contributed by atoms with Gasteiger partial charge in [-0.05, 0) is 19.1 Å². The van der Waals surface area contributed by atoms with E-state index in [2.05, 4.69) is 9.97 Å². The Hall–Kier alpha value is -1.75. The molecule has 0 bridgehead atoms. The first-order chi connectivity index (χ1) is 7.16. The van der Waals surface area contributed by atoms with E-state index in [9.17, 15) is 4.79 Å². The molecule has 15 heavy (non-hydrogen) atoms. The lowest BCUT2D eigenvalue weighted by Gasteiger charge is -1.97. The maximum atomic E-state index is 10.7. The highest BCUT2D eigenvalue weighted by Crippen LogP contribution is 2.21. The maximum absolute atomic E-state index is 10.7. The van der Waals surface area contributed by atoms with Crippen molar-refractivity contribution in [1.82, 2.24) is 9.97 Å². The summed E-state index contributed by atoms with van der Waals surface area (Å²) in [7, 11) is 0. The molecule has 0 saturated heterocycles. The molecule has 0 fully saturated rings. The number of hydrogen-bond acceptors (Lipinski definition) is 4. The SMILES string of the molecule is Cc1cc(-c2nccc(C(=O)O)n2)cs1. The van der Waals surface area contributed by atoms with Crippen LogP contribution in [-0.2, 0) is 0 Å². The Labute approximate surface area is 90.3 Å². The van der Waals surface area contributed by atoms with Crippen molar-refractivity contribution in [2.24, 2.45) is 0 Å². The van der Waals surface area contributed by atoms with Crippen LogP contribution in [0.15, 0.2) is 23.7 Å². The molecule has 0 atom stereocenters. The lowest BCUT2D eigenvalue weighted by Crippen LogP contribution is -2.01. The van der Waals surface area contributed by atoms with Gasteiger partial charge >= 0.3 is 5.97 Å². The van der Waals surface area contributed by atoms with Gasteiger partial charge in [-0.15, -0.1) is 11.3 Å². The molecule has 0 saturated carbocycles. The summed E-state index contributed by atoms with van der Waals surface area (Å²) in [5.74, 6) is -0.579. The lowest BCUT2D eigenvalue weighted by atomic mass is 10.3. The molecule has 5 heteroatoms. The summed E-state index contributed by atoms with van der Waals surface area (Å²) in [6.07, 6.45) is 1.46. The third-order valence-electron chi connectivity index (χ3n) is 1.86. The Bertz CT molecular complexity index is 508. The van der Waals surface area contributed by atoms with Crippen LogP contribution in [-0.4, -0.2) is 21.0 Å². The second kappa shape index (κ2) is 3.78. The summed E-state index contributed by atoms with van der Waals surface area (Å²) in [5.41, 5.74) is 0.879. The first-order valence-corrected chi connectivity index (χ1v) is 5.16. The predicted molar refractivity (Wildman–Crippen MR) is 57.0 cm³/mol. The number of thiophene rings is 1. The van der Waals surface area contributed by atoms with E-state index in [1.807, 2.05) is 18.4 Å². The van der Waals surface area contributed by atoms with Gasteiger partial charge in [0, 0.05) is 22.0 Å². The number of carboxylic acids is 1. The lowest BCUT2D eigenvalue weighted by molar-refractivity contribution is 0.0690. The first kappa shape index (κ1) is 9.79. The third kappa shape index (κ3) is 2.02. The topological polar surface area (TPSA) is 63.1 Å². The maximum Gasteiger partial charge on any atom is 0.354 e. The quantitative estimate of drug-likeness (QED) is 0.842. The van der Waals surface area contributed by atoms with Gasteiger partial charge in [-0.25, -0.2) is 14.8 Å². The number of aromatic carboxylic acids is 1. The summed E-state index contributed by atoms with van der Waals surface area (Å²) in [4.78, 5) is 19.8. The van der Waals surface area contributed by atoms with E-state index in [0.29, 0.717) is 5.82 Å². The van der Waals surface area contributed by atoms with Crippen LogP contribution in [0.4, 0.5) is 0 Å². The molecule has 0 spiro atoms. The highest BCUT2D eigenvalue weighted by molar-refractivity contribution is 7.10. The van der Waals surface area contributed by atoms with E-state index in [-0.39, 0.29) is 5.69 Å². The molecule has 0 aliphatic rings. The standard InChI is InChI=1S/C10H8N2O2S/c1-6-4-7(5-15-6)9-11-3-2-8(12-9)10(13)14/h2-5H,1H3,(H,13,14). The summed E-state index contributed by atoms with van der Waals surface area (Å²) < 4.78 is 0. The average Bonchev–Trinajstić information content (AvgIpc) is 2.65. The zero-order valence-electron chi connectivity index (χ0n) is 7.97. The second-order valence-electron chi connectivity index (χ2n) is 3.02. The van der Waals surface area contributed by atoms with Crippen LogP contribution in [0.1, 0.15) is 15.4 Å². The number of carboxylic acid groups (broad SMARTS) is 1. The van der Waals surface area contributed by atoms with Crippen LogP contribution in [0.25, 0.3) is 11.4 Å². The molecule has 2 rings (SSSR count). The fraction of sp³-hybridized carbons (Fsp3) is 0.100. The van der Waals surface area contributed by atoms with Crippen LogP contribution in [0, 0.1) is 6.92 Å². The van der Waals surface area contributed by atoms with Gasteiger partial charge in [-0.1, -0.05) is 0 Å². The van der Waals surface area contributed by atoms with Gasteiger partial charge in [0.05, 0.1) is 0 Å². The Morgan fingerprint density at radius 1 is 1.53 bits per heavy atom. The number of carbonyl (C=O) groups is 1. The molecule has 0 unspecified atom stereocenters. The minimum atomic E-state index is -1.04. The molecule has 0 radical (unpaired) electrons. The zero-order chi connectivity index (χ0) is 10.8. The van der Waals surface area contributed by atoms with Gasteiger partial charge in [0.25, 0.3) is 0 Å². The number of hydrogen-bond donors (Lipinski definition) is 1.